The summed E-state index contributed by atoms with van der Waals surface area (Å²) in [5.74, 6) is -0.317. The fourth-order valence-corrected chi connectivity index (χ4v) is 1.03. The van der Waals surface area contributed by atoms with Gasteiger partial charge in [-0.25, -0.2) is 0 Å². The van der Waals surface area contributed by atoms with Crippen molar-refractivity contribution in [2.75, 3.05) is 20.3 Å². The first-order chi connectivity index (χ1) is 7.02. The van der Waals surface area contributed by atoms with Crippen molar-refractivity contribution >= 4 is 25.1 Å². The van der Waals surface area contributed by atoms with Gasteiger partial charge in [0.1, 0.15) is 6.54 Å². The van der Waals surface area contributed by atoms with E-state index in [0.29, 0.717) is 6.61 Å². The lowest BCUT2D eigenvalue weighted by molar-refractivity contribution is -0.138. The maximum absolute atomic E-state index is 10.7. The third-order valence-corrected chi connectivity index (χ3v) is 2.27. The number of methoxy groups -OCH3 is 1. The van der Waals surface area contributed by atoms with Crippen LogP contribution >= 0.6 is 12.9 Å². The van der Waals surface area contributed by atoms with Gasteiger partial charge < -0.3 is 8.92 Å². The second-order valence-electron chi connectivity index (χ2n) is 4.05. The van der Waals surface area contributed by atoms with Crippen molar-refractivity contribution < 1.29 is 13.7 Å². The highest BCUT2D eigenvalue weighted by Gasteiger charge is 2.15. The minimum absolute atomic E-state index is 0.0929. The van der Waals surface area contributed by atoms with Gasteiger partial charge in [-0.2, -0.15) is 0 Å². The van der Waals surface area contributed by atoms with E-state index in [1.54, 1.807) is 6.21 Å². The molecule has 0 heterocycles. The van der Waals surface area contributed by atoms with E-state index in [2.05, 4.69) is 36.5 Å². The zero-order chi connectivity index (χ0) is 11.7. The number of aliphatic imine (C=N–C) groups is 1. The molecule has 0 amide bonds. The number of rotatable bonds is 7. The highest BCUT2D eigenvalue weighted by molar-refractivity contribution is 7.75. The van der Waals surface area contributed by atoms with Gasteiger partial charge >= 0.3 is 5.97 Å². The van der Waals surface area contributed by atoms with Crippen LogP contribution in [0.3, 0.4) is 0 Å². The normalized spacial score (nSPS) is 12.0. The Hall–Kier alpha value is -0.550. The molecule has 0 bridgehead atoms. The van der Waals surface area contributed by atoms with Crippen LogP contribution in [0.15, 0.2) is 4.99 Å². The van der Waals surface area contributed by atoms with Crippen LogP contribution in [0.1, 0.15) is 26.7 Å². The molecule has 0 saturated heterocycles. The van der Waals surface area contributed by atoms with E-state index in [1.165, 1.54) is 7.11 Å². The summed E-state index contributed by atoms with van der Waals surface area (Å²) in [6.07, 6.45) is 3.47. The minimum atomic E-state index is -0.317. The van der Waals surface area contributed by atoms with Gasteiger partial charge in [0, 0.05) is 0 Å². The summed E-state index contributed by atoms with van der Waals surface area (Å²) in [5, 5.41) is 0. The van der Waals surface area contributed by atoms with Crippen LogP contribution in [-0.2, 0) is 13.7 Å². The summed E-state index contributed by atoms with van der Waals surface area (Å²) in [7, 11) is 1.35. The molecule has 0 aromatic rings. The van der Waals surface area contributed by atoms with Crippen molar-refractivity contribution in [1.29, 1.82) is 0 Å². The third-order valence-electron chi connectivity index (χ3n) is 2.09. The molecule has 5 heteroatoms. The van der Waals surface area contributed by atoms with Gasteiger partial charge in [0.15, 0.2) is 0 Å². The Bertz CT molecular complexity index is 217. The van der Waals surface area contributed by atoms with Gasteiger partial charge in [0.25, 0.3) is 0 Å². The van der Waals surface area contributed by atoms with Crippen LogP contribution < -0.4 is 0 Å². The maximum Gasteiger partial charge on any atom is 0.327 e. The van der Waals surface area contributed by atoms with Crippen LogP contribution in [0.25, 0.3) is 0 Å². The molecule has 0 unspecified atom stereocenters. The molecule has 88 valence electrons. The standard InChI is InChI=1S/C10H19NO3S/c1-10(2,5-7-14-15)4-6-11-8-9(12)13-3/h6,15H,4-5,7-8H2,1-3H3. The highest BCUT2D eigenvalue weighted by Crippen LogP contribution is 2.23. The number of carbonyl (C=O) groups is 1. The molecule has 0 saturated carbocycles. The van der Waals surface area contributed by atoms with E-state index < -0.39 is 0 Å². The van der Waals surface area contributed by atoms with Crippen molar-refractivity contribution in [2.24, 2.45) is 10.4 Å². The molecular weight excluding hydrogens is 214 g/mol. The smallest absolute Gasteiger partial charge is 0.327 e. The topological polar surface area (TPSA) is 47.9 Å². The molecular formula is C10H19NO3S. The van der Waals surface area contributed by atoms with Gasteiger partial charge in [-0.1, -0.05) is 13.8 Å². The van der Waals surface area contributed by atoms with E-state index in [0.717, 1.165) is 12.8 Å². The molecule has 0 aromatic heterocycles. The number of carbonyl (C=O) groups excluding carboxylic acids is 1. The summed E-state index contributed by atoms with van der Waals surface area (Å²) >= 11 is 3.69. The summed E-state index contributed by atoms with van der Waals surface area (Å²) < 4.78 is 9.18. The van der Waals surface area contributed by atoms with Crippen LogP contribution in [0.2, 0.25) is 0 Å². The van der Waals surface area contributed by atoms with E-state index in [4.69, 9.17) is 4.18 Å². The van der Waals surface area contributed by atoms with Crippen LogP contribution in [0, 0.1) is 5.41 Å². The number of thiol groups is 1. The highest BCUT2D eigenvalue weighted by atomic mass is 32.1. The Balaban J connectivity index is 3.76. The lowest BCUT2D eigenvalue weighted by Crippen LogP contribution is -2.14. The summed E-state index contributed by atoms with van der Waals surface area (Å²) in [6, 6.07) is 0. The monoisotopic (exact) mass is 233 g/mol. The first kappa shape index (κ1) is 14.5. The molecule has 0 atom stereocenters. The SMILES string of the molecule is COC(=O)CN=CCC(C)(C)CCOS. The third kappa shape index (κ3) is 8.44. The quantitative estimate of drug-likeness (QED) is 0.316. The molecule has 4 nitrogen and oxygen atoms in total. The van der Waals surface area contributed by atoms with E-state index in [1.807, 2.05) is 0 Å². The Kier molecular flexibility index (Phi) is 7.42. The van der Waals surface area contributed by atoms with Crippen molar-refractivity contribution in [1.82, 2.24) is 0 Å². The zero-order valence-electron chi connectivity index (χ0n) is 9.52. The first-order valence-electron chi connectivity index (χ1n) is 4.83. The maximum atomic E-state index is 10.7. The predicted octanol–water partition coefficient (Wildman–Crippen LogP) is 1.90. The number of ether oxygens (including phenoxy) is 1. The molecule has 0 N–H and O–H groups in total. The molecule has 0 aliphatic heterocycles. The average Bonchev–Trinajstić information content (AvgIpc) is 2.21. The molecule has 0 radical (unpaired) electrons. The summed E-state index contributed by atoms with van der Waals surface area (Å²) in [6.45, 7) is 4.94. The summed E-state index contributed by atoms with van der Waals surface area (Å²) in [5.41, 5.74) is 0.113. The average molecular weight is 233 g/mol. The predicted molar refractivity (Wildman–Crippen MR) is 63.3 cm³/mol. The molecule has 0 fully saturated rings. The zero-order valence-corrected chi connectivity index (χ0v) is 10.4. The lowest BCUT2D eigenvalue weighted by Gasteiger charge is -2.21. The Labute approximate surface area is 96.7 Å². The van der Waals surface area contributed by atoms with Crippen LogP contribution in [-0.4, -0.2) is 32.4 Å². The number of hydrogen-bond acceptors (Lipinski definition) is 5. The van der Waals surface area contributed by atoms with E-state index in [-0.39, 0.29) is 17.9 Å². The van der Waals surface area contributed by atoms with Gasteiger partial charge in [0.2, 0.25) is 0 Å². The first-order valence-corrected chi connectivity index (χ1v) is 5.20. The Morgan fingerprint density at radius 2 is 2.20 bits per heavy atom. The number of nitrogens with zero attached hydrogens (tertiary/aromatic N) is 1. The second kappa shape index (κ2) is 7.70. The van der Waals surface area contributed by atoms with E-state index >= 15 is 0 Å². The molecule has 0 aliphatic rings. The van der Waals surface area contributed by atoms with Gasteiger partial charge in [0.05, 0.1) is 13.7 Å². The van der Waals surface area contributed by atoms with Crippen LogP contribution in [0.5, 0.6) is 0 Å². The number of esters is 1. The van der Waals surface area contributed by atoms with Crippen LogP contribution in [0.4, 0.5) is 0 Å². The fraction of sp³-hybridized carbons (Fsp3) is 0.800. The van der Waals surface area contributed by atoms with Gasteiger partial charge in [-0.15, -0.1) is 0 Å². The van der Waals surface area contributed by atoms with Crippen molar-refractivity contribution in [3.05, 3.63) is 0 Å². The van der Waals surface area contributed by atoms with Crippen molar-refractivity contribution in [3.8, 4) is 0 Å². The number of hydrogen-bond donors (Lipinski definition) is 1. The van der Waals surface area contributed by atoms with Crippen molar-refractivity contribution in [3.63, 3.8) is 0 Å². The van der Waals surface area contributed by atoms with Gasteiger partial charge in [-0.05, 0) is 37.4 Å². The lowest BCUT2D eigenvalue weighted by atomic mass is 9.87. The largest absolute Gasteiger partial charge is 0.468 e. The van der Waals surface area contributed by atoms with E-state index in [9.17, 15) is 4.79 Å². The summed E-state index contributed by atoms with van der Waals surface area (Å²) in [4.78, 5) is 14.7. The Morgan fingerprint density at radius 3 is 2.73 bits per heavy atom. The molecule has 0 aliphatic carbocycles. The second-order valence-corrected chi connectivity index (χ2v) is 4.31. The van der Waals surface area contributed by atoms with Gasteiger partial charge in [-0.3, -0.25) is 9.79 Å². The van der Waals surface area contributed by atoms with Crippen molar-refractivity contribution in [2.45, 2.75) is 26.7 Å². The molecule has 15 heavy (non-hydrogen) atoms. The molecule has 0 spiro atoms. The minimum Gasteiger partial charge on any atom is -0.468 e. The Morgan fingerprint density at radius 1 is 1.53 bits per heavy atom. The molecule has 0 rings (SSSR count). The molecule has 0 aromatic carbocycles. The fourth-order valence-electron chi connectivity index (χ4n) is 0.939.